The molecular weight excluding hydrogens is 515 g/mol. The van der Waals surface area contributed by atoms with E-state index in [9.17, 15) is 18.0 Å². The Morgan fingerprint density at radius 2 is 1.82 bits per heavy atom. The van der Waals surface area contributed by atoms with E-state index in [0.717, 1.165) is 17.7 Å². The lowest BCUT2D eigenvalue weighted by Crippen LogP contribution is -2.40. The molecule has 1 aliphatic rings. The van der Waals surface area contributed by atoms with Crippen molar-refractivity contribution in [3.8, 4) is 5.82 Å². The van der Waals surface area contributed by atoms with Crippen molar-refractivity contribution in [3.05, 3.63) is 77.9 Å². The van der Waals surface area contributed by atoms with Crippen molar-refractivity contribution in [2.75, 3.05) is 42.4 Å². The summed E-state index contributed by atoms with van der Waals surface area (Å²) in [5, 5.41) is 11.9. The molecule has 0 unspecified atom stereocenters. The Balaban J connectivity index is 1.33. The largest absolute Gasteiger partial charge is 0.416 e. The fraction of sp³-hybridized carbons (Fsp3) is 0.240. The molecule has 0 aliphatic carbocycles. The Labute approximate surface area is 221 Å². The number of aromatic nitrogens is 5. The van der Waals surface area contributed by atoms with Gasteiger partial charge < -0.3 is 20.8 Å². The molecule has 0 spiro atoms. The number of hydrogen-bond donors (Lipinski definition) is 3. The first-order chi connectivity index (χ1) is 18.8. The van der Waals surface area contributed by atoms with Gasteiger partial charge in [0.05, 0.1) is 18.8 Å². The summed E-state index contributed by atoms with van der Waals surface area (Å²) in [4.78, 5) is 25.7. The Morgan fingerprint density at radius 3 is 2.62 bits per heavy atom. The average molecular weight is 540 g/mol. The number of hydrazine groups is 1. The van der Waals surface area contributed by atoms with E-state index < -0.39 is 17.6 Å². The number of aryl methyl sites for hydroxylation is 1. The molecule has 0 saturated carbocycles. The minimum absolute atomic E-state index is 0.0370. The highest BCUT2D eigenvalue weighted by Crippen LogP contribution is 2.31. The maximum atomic E-state index is 13.0. The molecule has 202 valence electrons. The van der Waals surface area contributed by atoms with Gasteiger partial charge >= 0.3 is 6.18 Å². The van der Waals surface area contributed by atoms with E-state index in [4.69, 9.17) is 4.74 Å². The number of hydrogen-bond acceptors (Lipinski definition) is 9. The quantitative estimate of drug-likeness (QED) is 0.319. The van der Waals surface area contributed by atoms with Crippen molar-refractivity contribution in [2.45, 2.75) is 13.1 Å². The van der Waals surface area contributed by atoms with Crippen LogP contribution in [0.5, 0.6) is 0 Å². The molecule has 1 saturated heterocycles. The zero-order valence-corrected chi connectivity index (χ0v) is 20.7. The molecule has 1 fully saturated rings. The molecule has 4 aromatic rings. The van der Waals surface area contributed by atoms with Gasteiger partial charge in [-0.25, -0.2) is 15.0 Å². The molecule has 39 heavy (non-hydrogen) atoms. The molecule has 0 bridgehead atoms. The monoisotopic (exact) mass is 539 g/mol. The zero-order chi connectivity index (χ0) is 27.4. The second-order valence-corrected chi connectivity index (χ2v) is 8.66. The number of nitrogens with zero attached hydrogens (tertiary/aromatic N) is 6. The van der Waals surface area contributed by atoms with Gasteiger partial charge in [-0.05, 0) is 42.8 Å². The van der Waals surface area contributed by atoms with Crippen LogP contribution in [0.4, 0.5) is 36.3 Å². The second kappa shape index (κ2) is 11.0. The van der Waals surface area contributed by atoms with Crippen LogP contribution < -0.4 is 16.1 Å². The van der Waals surface area contributed by atoms with Gasteiger partial charge in [-0.2, -0.15) is 27.9 Å². The highest BCUT2D eigenvalue weighted by Gasteiger charge is 2.30. The van der Waals surface area contributed by atoms with E-state index in [0.29, 0.717) is 49.6 Å². The number of halogens is 3. The number of rotatable bonds is 7. The predicted octanol–water partition coefficient (Wildman–Crippen LogP) is 4.04. The molecule has 1 amide bonds. The normalized spacial score (nSPS) is 14.2. The highest BCUT2D eigenvalue weighted by atomic mass is 19.4. The van der Waals surface area contributed by atoms with Crippen LogP contribution in [-0.2, 0) is 10.9 Å². The van der Waals surface area contributed by atoms with Crippen molar-refractivity contribution >= 4 is 29.0 Å². The summed E-state index contributed by atoms with van der Waals surface area (Å²) in [6.07, 6.45) is -1.74. The lowest BCUT2D eigenvalue weighted by molar-refractivity contribution is -0.137. The summed E-state index contributed by atoms with van der Waals surface area (Å²) < 4.78 is 46.0. The third kappa shape index (κ3) is 6.30. The Hall–Kier alpha value is -4.56. The van der Waals surface area contributed by atoms with Gasteiger partial charge in [0.25, 0.3) is 5.91 Å². The van der Waals surface area contributed by atoms with Crippen molar-refractivity contribution in [1.29, 1.82) is 0 Å². The van der Waals surface area contributed by atoms with E-state index in [2.05, 4.69) is 36.1 Å². The molecule has 3 N–H and O–H groups in total. The van der Waals surface area contributed by atoms with Crippen LogP contribution in [0.25, 0.3) is 5.82 Å². The Bertz CT molecular complexity index is 1470. The van der Waals surface area contributed by atoms with E-state index in [-0.39, 0.29) is 11.3 Å². The molecule has 1 aliphatic heterocycles. The average Bonchev–Trinajstić information content (AvgIpc) is 3.38. The van der Waals surface area contributed by atoms with Crippen LogP contribution in [0.15, 0.2) is 61.2 Å². The number of carbonyl (C=O) groups is 1. The molecule has 14 heteroatoms. The van der Waals surface area contributed by atoms with Crippen molar-refractivity contribution in [1.82, 2.24) is 29.7 Å². The molecular formula is C25H24F3N9O2. The first kappa shape index (κ1) is 26.1. The molecule has 2 aromatic carbocycles. The SMILES string of the molecule is Cc1ccc(C(=O)Nc2cccc(C(F)(F)F)c2)cc1Nc1ncnn1-c1cc(NN2CCOCC2)ncn1. The fourth-order valence-corrected chi connectivity index (χ4v) is 3.85. The van der Waals surface area contributed by atoms with Gasteiger partial charge in [-0.1, -0.05) is 12.1 Å². The van der Waals surface area contributed by atoms with E-state index >= 15 is 0 Å². The number of nitrogens with one attached hydrogen (secondary N) is 3. The molecule has 5 rings (SSSR count). The topological polar surface area (TPSA) is 122 Å². The van der Waals surface area contributed by atoms with Crippen LogP contribution in [0.2, 0.25) is 0 Å². The maximum Gasteiger partial charge on any atom is 0.416 e. The number of benzene rings is 2. The van der Waals surface area contributed by atoms with Crippen molar-refractivity contribution in [3.63, 3.8) is 0 Å². The van der Waals surface area contributed by atoms with E-state index in [1.54, 1.807) is 24.3 Å². The lowest BCUT2D eigenvalue weighted by Gasteiger charge is -2.27. The molecule has 11 nitrogen and oxygen atoms in total. The summed E-state index contributed by atoms with van der Waals surface area (Å²) in [7, 11) is 0. The van der Waals surface area contributed by atoms with Crippen LogP contribution >= 0.6 is 0 Å². The van der Waals surface area contributed by atoms with Crippen LogP contribution in [0, 0.1) is 6.92 Å². The van der Waals surface area contributed by atoms with E-state index in [1.807, 2.05) is 11.9 Å². The third-order valence-electron chi connectivity index (χ3n) is 5.90. The standard InChI is InChI=1S/C25H24F3N9O2/c1-16-5-6-17(23(38)33-19-4-2-3-18(12-19)25(26,27)28)11-20(16)34-24-31-15-32-37(24)22-13-21(29-14-30-22)35-36-7-9-39-10-8-36/h2-6,11-15H,7-10H2,1H3,(H,33,38)(H,29,30,35)(H,31,32,34). The number of anilines is 4. The number of carbonyl (C=O) groups excluding carboxylic acids is 1. The summed E-state index contributed by atoms with van der Waals surface area (Å²) in [5.41, 5.74) is 4.02. The third-order valence-corrected chi connectivity index (χ3v) is 5.90. The highest BCUT2D eigenvalue weighted by molar-refractivity contribution is 6.05. The minimum atomic E-state index is -4.51. The fourth-order valence-electron chi connectivity index (χ4n) is 3.85. The zero-order valence-electron chi connectivity index (χ0n) is 20.7. The van der Waals surface area contributed by atoms with Crippen LogP contribution in [0.3, 0.4) is 0 Å². The lowest BCUT2D eigenvalue weighted by atomic mass is 10.1. The second-order valence-electron chi connectivity index (χ2n) is 8.66. The Kier molecular flexibility index (Phi) is 7.38. The summed E-state index contributed by atoms with van der Waals surface area (Å²) in [5.74, 6) is 0.808. The molecule has 3 heterocycles. The van der Waals surface area contributed by atoms with Gasteiger partial charge in [-0.15, -0.1) is 0 Å². The number of ether oxygens (including phenoxy) is 1. The molecule has 0 atom stereocenters. The molecule has 2 aromatic heterocycles. The Morgan fingerprint density at radius 1 is 1.00 bits per heavy atom. The first-order valence-electron chi connectivity index (χ1n) is 11.9. The number of alkyl halides is 3. The van der Waals surface area contributed by atoms with Gasteiger partial charge in [-0.3, -0.25) is 4.79 Å². The van der Waals surface area contributed by atoms with Crippen LogP contribution in [0.1, 0.15) is 21.5 Å². The minimum Gasteiger partial charge on any atom is -0.379 e. The summed E-state index contributed by atoms with van der Waals surface area (Å²) >= 11 is 0. The summed E-state index contributed by atoms with van der Waals surface area (Å²) in [6, 6.07) is 11.1. The summed E-state index contributed by atoms with van der Waals surface area (Å²) in [6.45, 7) is 4.52. The van der Waals surface area contributed by atoms with E-state index in [1.165, 1.54) is 29.5 Å². The van der Waals surface area contributed by atoms with Crippen molar-refractivity contribution in [2.24, 2.45) is 0 Å². The van der Waals surface area contributed by atoms with Crippen LogP contribution in [-0.4, -0.2) is 62.0 Å². The van der Waals surface area contributed by atoms with Gasteiger partial charge in [0.15, 0.2) is 5.82 Å². The maximum absolute atomic E-state index is 13.0. The number of morpholine rings is 1. The molecule has 0 radical (unpaired) electrons. The van der Waals surface area contributed by atoms with Gasteiger partial charge in [0.2, 0.25) is 5.95 Å². The smallest absolute Gasteiger partial charge is 0.379 e. The van der Waals surface area contributed by atoms with Crippen molar-refractivity contribution < 1.29 is 22.7 Å². The predicted molar refractivity (Wildman–Crippen MR) is 137 cm³/mol. The van der Waals surface area contributed by atoms with Gasteiger partial charge in [0, 0.05) is 36.1 Å². The first-order valence-corrected chi connectivity index (χ1v) is 11.9. The number of amides is 1. The van der Waals surface area contributed by atoms with Gasteiger partial charge in [0.1, 0.15) is 18.5 Å².